The molecule has 23 heavy (non-hydrogen) atoms. The highest BCUT2D eigenvalue weighted by atomic mass is 31.2. The molecule has 126 valence electrons. The Morgan fingerprint density at radius 3 is 2.96 bits per heavy atom. The number of H-pyrrole nitrogens is 1. The summed E-state index contributed by atoms with van der Waals surface area (Å²) in [6, 6.07) is 0. The number of ether oxygens (including phenoxy) is 1. The van der Waals surface area contributed by atoms with E-state index >= 15 is 0 Å². The Hall–Kier alpha value is -2.27. The Morgan fingerprint density at radius 1 is 1.65 bits per heavy atom. The second kappa shape index (κ2) is 6.46. The summed E-state index contributed by atoms with van der Waals surface area (Å²) >= 11 is 0. The van der Waals surface area contributed by atoms with Crippen molar-refractivity contribution in [2.45, 2.75) is 19.6 Å². The Morgan fingerprint density at radius 2 is 2.35 bits per heavy atom. The molecule has 2 aromatic rings. The lowest BCUT2D eigenvalue weighted by atomic mass is 10.4. The van der Waals surface area contributed by atoms with Crippen LogP contribution in [-0.2, 0) is 15.8 Å². The summed E-state index contributed by atoms with van der Waals surface area (Å²) in [6.45, 7) is 1.75. The molecule has 2 aromatic heterocycles. The predicted octanol–water partition coefficient (Wildman–Crippen LogP) is -1.32. The molecule has 0 saturated heterocycles. The average molecular weight is 344 g/mol. The molecule has 0 radical (unpaired) electrons. The number of nitrogens with two attached hydrogens (primary N) is 2. The van der Waals surface area contributed by atoms with Crippen LogP contribution in [0.3, 0.4) is 0 Å². The van der Waals surface area contributed by atoms with Gasteiger partial charge in [-0.25, -0.2) is 4.98 Å². The van der Waals surface area contributed by atoms with Crippen molar-refractivity contribution in [3.8, 4) is 0 Å². The zero-order chi connectivity index (χ0) is 17.2. The van der Waals surface area contributed by atoms with Gasteiger partial charge in [-0.1, -0.05) is 0 Å². The maximum Gasteiger partial charge on any atom is 0.350 e. The number of hydrogen-bond acceptors (Lipinski definition) is 6. The van der Waals surface area contributed by atoms with Crippen LogP contribution in [0.1, 0.15) is 6.92 Å². The number of aromatic amines is 1. The van der Waals surface area contributed by atoms with Crippen LogP contribution in [0.15, 0.2) is 11.3 Å². The third-order valence-electron chi connectivity index (χ3n) is 2.78. The van der Waals surface area contributed by atoms with Gasteiger partial charge in [-0.15, -0.1) is 0 Å². The first-order valence-corrected chi connectivity index (χ1v) is 8.21. The van der Waals surface area contributed by atoms with Crippen LogP contribution >= 0.6 is 7.60 Å². The minimum absolute atomic E-state index is 0.0428. The second-order valence-electron chi connectivity index (χ2n) is 4.78. The summed E-state index contributed by atoms with van der Waals surface area (Å²) in [5.74, 6) is -0.332. The van der Waals surface area contributed by atoms with E-state index in [2.05, 4.69) is 19.9 Å². The molecule has 0 bridgehead atoms. The molecule has 0 aromatic carbocycles. The lowest BCUT2D eigenvalue weighted by Gasteiger charge is -2.16. The highest BCUT2D eigenvalue weighted by molar-refractivity contribution is 7.51. The van der Waals surface area contributed by atoms with E-state index in [1.807, 2.05) is 0 Å². The zero-order valence-electron chi connectivity index (χ0n) is 12.2. The van der Waals surface area contributed by atoms with E-state index < -0.39 is 26.0 Å². The van der Waals surface area contributed by atoms with Crippen molar-refractivity contribution in [3.63, 3.8) is 0 Å². The quantitative estimate of drug-likeness (QED) is 0.217. The molecule has 0 saturated carbocycles. The fourth-order valence-electron chi connectivity index (χ4n) is 1.89. The summed E-state index contributed by atoms with van der Waals surface area (Å²) in [7, 11) is -4.27. The predicted molar refractivity (Wildman–Crippen MR) is 81.2 cm³/mol. The van der Waals surface area contributed by atoms with Gasteiger partial charge in [0, 0.05) is 0 Å². The number of guanidine groups is 1. The van der Waals surface area contributed by atoms with E-state index in [1.165, 1.54) is 10.9 Å². The van der Waals surface area contributed by atoms with Crippen LogP contribution < -0.4 is 17.1 Å². The van der Waals surface area contributed by atoms with Gasteiger partial charge in [0.15, 0.2) is 11.5 Å². The number of nitrogens with zero attached hydrogens (tertiary/aromatic N) is 4. The molecule has 0 aliphatic heterocycles. The van der Waals surface area contributed by atoms with Crippen LogP contribution in [0.25, 0.3) is 11.2 Å². The molecule has 1 atom stereocenters. The second-order valence-corrected chi connectivity index (χ2v) is 6.36. The van der Waals surface area contributed by atoms with Gasteiger partial charge in [0.1, 0.15) is 11.9 Å². The first kappa shape index (κ1) is 17.1. The molecule has 0 unspecified atom stereocenters. The van der Waals surface area contributed by atoms with Crippen molar-refractivity contribution in [1.82, 2.24) is 19.5 Å². The fourth-order valence-corrected chi connectivity index (χ4v) is 2.34. The summed E-state index contributed by atoms with van der Waals surface area (Å²) in [4.78, 5) is 32.5. The molecule has 0 aliphatic carbocycles. The van der Waals surface area contributed by atoms with Gasteiger partial charge < -0.3 is 31.0 Å². The van der Waals surface area contributed by atoms with Crippen molar-refractivity contribution >= 4 is 30.5 Å². The van der Waals surface area contributed by atoms with E-state index in [9.17, 15) is 4.57 Å². The molecular formula is C10H17N8O4P. The summed E-state index contributed by atoms with van der Waals surface area (Å²) in [5.41, 5.74) is 12.0. The van der Waals surface area contributed by atoms with Gasteiger partial charge in [0.05, 0.1) is 19.0 Å². The van der Waals surface area contributed by atoms with Gasteiger partial charge in [0.2, 0.25) is 11.6 Å². The molecule has 0 fully saturated rings. The highest BCUT2D eigenvalue weighted by Gasteiger charge is 2.18. The molecular weight excluding hydrogens is 327 g/mol. The van der Waals surface area contributed by atoms with Gasteiger partial charge in [-0.05, 0) is 6.92 Å². The van der Waals surface area contributed by atoms with E-state index in [-0.39, 0.29) is 18.0 Å². The maximum absolute atomic E-state index is 10.9. The van der Waals surface area contributed by atoms with Crippen molar-refractivity contribution in [3.05, 3.63) is 11.9 Å². The number of nitrogen functional groups attached to an aromatic ring is 1. The van der Waals surface area contributed by atoms with Crippen LogP contribution in [0, 0.1) is 5.41 Å². The summed E-state index contributed by atoms with van der Waals surface area (Å²) in [5, 5.41) is 7.27. The van der Waals surface area contributed by atoms with Crippen molar-refractivity contribution in [2.24, 2.45) is 10.7 Å². The van der Waals surface area contributed by atoms with Crippen molar-refractivity contribution < 1.29 is 19.1 Å². The molecule has 2 rings (SSSR count). The number of hydrogen-bond donors (Lipinski definition) is 6. The standard InChI is InChI=1S/C10H17N8O4P/c1-5(22-4-23(19,20)21)2-18-8-6(14-3-15-8)7(11)16-10(18)17-9(12)13/h3,5H,2,4H2,1H3,(H,14,15)(H2,19,20,21)(H5,11,12,13,16,17)/t5-/m1/s1. The van der Waals surface area contributed by atoms with Gasteiger partial charge in [-0.3, -0.25) is 14.5 Å². The average Bonchev–Trinajstić information content (AvgIpc) is 2.89. The van der Waals surface area contributed by atoms with E-state index in [4.69, 9.17) is 31.4 Å². The normalized spacial score (nSPS) is 14.3. The van der Waals surface area contributed by atoms with E-state index in [0.29, 0.717) is 11.2 Å². The van der Waals surface area contributed by atoms with Crippen LogP contribution in [0.4, 0.5) is 5.82 Å². The monoisotopic (exact) mass is 344 g/mol. The highest BCUT2D eigenvalue weighted by Crippen LogP contribution is 2.34. The van der Waals surface area contributed by atoms with Gasteiger partial charge in [0.25, 0.3) is 0 Å². The van der Waals surface area contributed by atoms with Crippen LogP contribution in [-0.4, -0.2) is 47.7 Å². The Labute approximate surface area is 129 Å². The SMILES string of the molecule is C[C@H](Cn1/c(=N\C(=N)N)nc(N)c2[nH]cnc21)OCP(=O)(O)O. The summed E-state index contributed by atoms with van der Waals surface area (Å²) < 4.78 is 17.5. The molecule has 12 nitrogen and oxygen atoms in total. The molecule has 8 N–H and O–H groups in total. The largest absolute Gasteiger partial charge is 0.382 e. The fraction of sp³-hybridized carbons (Fsp3) is 0.400. The smallest absolute Gasteiger partial charge is 0.350 e. The Balaban J connectivity index is 2.42. The van der Waals surface area contributed by atoms with Gasteiger partial charge >= 0.3 is 7.60 Å². The molecule has 0 amide bonds. The minimum atomic E-state index is -4.27. The van der Waals surface area contributed by atoms with E-state index in [1.54, 1.807) is 6.92 Å². The Bertz CT molecular complexity index is 837. The molecule has 0 spiro atoms. The third-order valence-corrected chi connectivity index (χ3v) is 3.27. The molecule has 0 aliphatic rings. The number of fused-ring (bicyclic) bond motifs is 1. The molecule has 2 heterocycles. The topological polar surface area (TPSA) is 202 Å². The van der Waals surface area contributed by atoms with Crippen molar-refractivity contribution in [2.75, 3.05) is 12.1 Å². The minimum Gasteiger partial charge on any atom is -0.382 e. The van der Waals surface area contributed by atoms with Crippen LogP contribution in [0.5, 0.6) is 0 Å². The molecule has 13 heteroatoms. The zero-order valence-corrected chi connectivity index (χ0v) is 13.1. The Kier molecular flexibility index (Phi) is 4.80. The number of rotatable bonds is 5. The van der Waals surface area contributed by atoms with E-state index in [0.717, 1.165) is 0 Å². The lowest BCUT2D eigenvalue weighted by Crippen LogP contribution is -2.32. The van der Waals surface area contributed by atoms with Crippen molar-refractivity contribution in [1.29, 1.82) is 5.41 Å². The summed E-state index contributed by atoms with van der Waals surface area (Å²) in [6.07, 6.45) is 0.122. The first-order valence-electron chi connectivity index (χ1n) is 6.41. The number of aromatic nitrogens is 4. The number of nitrogens with one attached hydrogen (secondary N) is 2. The first-order chi connectivity index (χ1) is 10.7. The van der Waals surface area contributed by atoms with Gasteiger partial charge in [-0.2, -0.15) is 9.98 Å². The van der Waals surface area contributed by atoms with Crippen LogP contribution in [0.2, 0.25) is 0 Å². The maximum atomic E-state index is 10.9. The number of anilines is 1. The lowest BCUT2D eigenvalue weighted by molar-refractivity contribution is 0.0754. The number of imidazole rings is 1. The third kappa shape index (κ3) is 4.36.